The molecule has 2 rings (SSSR count). The minimum Gasteiger partial charge on any atom is -0.493 e. The van der Waals surface area contributed by atoms with Crippen LogP contribution >= 0.6 is 0 Å². The molecular weight excluding hydrogens is 314 g/mol. The molecule has 0 bridgehead atoms. The van der Waals surface area contributed by atoms with Crippen molar-refractivity contribution in [3.63, 3.8) is 0 Å². The summed E-state index contributed by atoms with van der Waals surface area (Å²) in [5.41, 5.74) is 2.07. The molecule has 0 amide bonds. The van der Waals surface area contributed by atoms with Crippen molar-refractivity contribution in [3.05, 3.63) is 29.3 Å². The molecule has 1 N–H and O–H groups in total. The van der Waals surface area contributed by atoms with Gasteiger partial charge in [0, 0.05) is 23.8 Å². The zero-order valence-electron chi connectivity index (χ0n) is 14.2. The van der Waals surface area contributed by atoms with Crippen LogP contribution in [0.15, 0.2) is 18.2 Å². The van der Waals surface area contributed by atoms with E-state index >= 15 is 0 Å². The molecule has 7 nitrogen and oxygen atoms in total. The van der Waals surface area contributed by atoms with Gasteiger partial charge in [0.1, 0.15) is 6.04 Å². The molecular formula is C17H21NO6. The first-order valence-corrected chi connectivity index (χ1v) is 7.52. The van der Waals surface area contributed by atoms with Gasteiger partial charge in [0.25, 0.3) is 0 Å². The van der Waals surface area contributed by atoms with Crippen molar-refractivity contribution in [3.8, 4) is 11.5 Å². The summed E-state index contributed by atoms with van der Waals surface area (Å²) in [7, 11) is 4.40. The molecule has 1 aliphatic heterocycles. The Bertz CT molecular complexity index is 667. The van der Waals surface area contributed by atoms with Gasteiger partial charge >= 0.3 is 11.9 Å². The van der Waals surface area contributed by atoms with Crippen molar-refractivity contribution in [2.75, 3.05) is 27.9 Å². The molecule has 0 aromatic heterocycles. The van der Waals surface area contributed by atoms with E-state index in [1.807, 2.05) is 0 Å². The third-order valence-electron chi connectivity index (χ3n) is 3.69. The van der Waals surface area contributed by atoms with E-state index in [1.165, 1.54) is 20.3 Å². The Morgan fingerprint density at radius 2 is 1.88 bits per heavy atom. The maximum absolute atomic E-state index is 11.9. The number of carbonyl (C=O) groups excluding carboxylic acids is 2. The molecule has 1 atom stereocenters. The van der Waals surface area contributed by atoms with Crippen LogP contribution in [0, 0.1) is 0 Å². The van der Waals surface area contributed by atoms with Crippen molar-refractivity contribution in [2.24, 2.45) is 0 Å². The fourth-order valence-electron chi connectivity index (χ4n) is 2.58. The number of esters is 2. The SMILES string of the molecule is CCOC(=O)C=C1NC(C(=O)OC)Cc2cc(OC)c(OC)cc21. The van der Waals surface area contributed by atoms with Crippen molar-refractivity contribution < 1.29 is 28.5 Å². The molecule has 1 aliphatic rings. The molecule has 7 heteroatoms. The summed E-state index contributed by atoms with van der Waals surface area (Å²) < 4.78 is 20.4. The lowest BCUT2D eigenvalue weighted by molar-refractivity contribution is -0.143. The molecule has 0 saturated carbocycles. The maximum atomic E-state index is 11.9. The molecule has 24 heavy (non-hydrogen) atoms. The minimum atomic E-state index is -0.596. The minimum absolute atomic E-state index is 0.266. The lowest BCUT2D eigenvalue weighted by Gasteiger charge is -2.28. The number of fused-ring (bicyclic) bond motifs is 1. The highest BCUT2D eigenvalue weighted by molar-refractivity contribution is 5.93. The molecule has 0 spiro atoms. The highest BCUT2D eigenvalue weighted by Gasteiger charge is 2.29. The zero-order chi connectivity index (χ0) is 17.7. The van der Waals surface area contributed by atoms with Gasteiger partial charge in [-0.25, -0.2) is 9.59 Å². The quantitative estimate of drug-likeness (QED) is 0.641. The lowest BCUT2D eigenvalue weighted by Crippen LogP contribution is -2.42. The largest absolute Gasteiger partial charge is 0.493 e. The van der Waals surface area contributed by atoms with E-state index in [0.29, 0.717) is 23.6 Å². The number of ether oxygens (including phenoxy) is 4. The maximum Gasteiger partial charge on any atom is 0.332 e. The summed E-state index contributed by atoms with van der Waals surface area (Å²) in [6, 6.07) is 2.96. The van der Waals surface area contributed by atoms with Crippen molar-refractivity contribution in [1.29, 1.82) is 0 Å². The smallest absolute Gasteiger partial charge is 0.332 e. The summed E-state index contributed by atoms with van der Waals surface area (Å²) in [6.45, 7) is 1.99. The number of carbonyl (C=O) groups is 2. The normalized spacial score (nSPS) is 17.5. The van der Waals surface area contributed by atoms with Crippen LogP contribution in [0.1, 0.15) is 18.1 Å². The fourth-order valence-corrected chi connectivity index (χ4v) is 2.58. The van der Waals surface area contributed by atoms with Gasteiger partial charge in [-0.2, -0.15) is 0 Å². The Hall–Kier alpha value is -2.70. The van der Waals surface area contributed by atoms with Gasteiger partial charge in [0.2, 0.25) is 0 Å². The third kappa shape index (κ3) is 3.61. The highest BCUT2D eigenvalue weighted by atomic mass is 16.5. The number of methoxy groups -OCH3 is 3. The molecule has 1 aromatic carbocycles. The number of nitrogens with one attached hydrogen (secondary N) is 1. The standard InChI is InChI=1S/C17H21NO6/c1-5-24-16(19)9-12-11-8-15(22-3)14(21-2)7-10(11)6-13(18-12)17(20)23-4/h7-9,13,18H,5-6H2,1-4H3. The van der Waals surface area contributed by atoms with E-state index in [4.69, 9.17) is 18.9 Å². The van der Waals surface area contributed by atoms with Crippen molar-refractivity contribution in [1.82, 2.24) is 5.32 Å². The number of hydrogen-bond acceptors (Lipinski definition) is 7. The average molecular weight is 335 g/mol. The average Bonchev–Trinajstić information content (AvgIpc) is 2.59. The first kappa shape index (κ1) is 17.7. The van der Waals surface area contributed by atoms with Crippen molar-refractivity contribution in [2.45, 2.75) is 19.4 Å². The van der Waals surface area contributed by atoms with Crippen molar-refractivity contribution >= 4 is 17.6 Å². The predicted molar refractivity (Wildman–Crippen MR) is 86.8 cm³/mol. The molecule has 0 aliphatic carbocycles. The number of hydrogen-bond donors (Lipinski definition) is 1. The van der Waals surface area contributed by atoms with E-state index in [0.717, 1.165) is 11.1 Å². The second-order valence-corrected chi connectivity index (χ2v) is 5.10. The van der Waals surface area contributed by atoms with Gasteiger partial charge in [-0.1, -0.05) is 0 Å². The van der Waals surface area contributed by atoms with Crippen LogP contribution in [0.3, 0.4) is 0 Å². The topological polar surface area (TPSA) is 83.1 Å². The van der Waals surface area contributed by atoms with Crippen LogP contribution in [0.4, 0.5) is 0 Å². The monoisotopic (exact) mass is 335 g/mol. The predicted octanol–water partition coefficient (Wildman–Crippen LogP) is 1.30. The third-order valence-corrected chi connectivity index (χ3v) is 3.69. The molecule has 0 saturated heterocycles. The Balaban J connectivity index is 2.51. The van der Waals surface area contributed by atoms with Crippen LogP contribution in [0.2, 0.25) is 0 Å². The summed E-state index contributed by atoms with van der Waals surface area (Å²) in [5, 5.41) is 3.03. The summed E-state index contributed by atoms with van der Waals surface area (Å²) in [4.78, 5) is 23.8. The second kappa shape index (κ2) is 7.72. The molecule has 1 heterocycles. The lowest BCUT2D eigenvalue weighted by atomic mass is 9.92. The van der Waals surface area contributed by atoms with E-state index in [-0.39, 0.29) is 6.61 Å². The second-order valence-electron chi connectivity index (χ2n) is 5.10. The Labute approximate surface area is 140 Å². The van der Waals surface area contributed by atoms with Gasteiger partial charge in [-0.05, 0) is 24.6 Å². The van der Waals surface area contributed by atoms with Gasteiger partial charge in [-0.15, -0.1) is 0 Å². The Morgan fingerprint density at radius 1 is 1.21 bits per heavy atom. The zero-order valence-corrected chi connectivity index (χ0v) is 14.2. The molecule has 1 aromatic rings. The highest BCUT2D eigenvalue weighted by Crippen LogP contribution is 2.36. The van der Waals surface area contributed by atoms with Crippen LogP contribution in [-0.4, -0.2) is 45.9 Å². The summed E-state index contributed by atoms with van der Waals surface area (Å²) in [6.07, 6.45) is 1.73. The first-order valence-electron chi connectivity index (χ1n) is 7.52. The van der Waals surface area contributed by atoms with Gasteiger partial charge in [-0.3, -0.25) is 0 Å². The van der Waals surface area contributed by atoms with Crippen LogP contribution in [0.25, 0.3) is 5.70 Å². The summed E-state index contributed by atoms with van der Waals surface area (Å²) in [5.74, 6) is 0.179. The van der Waals surface area contributed by atoms with E-state index in [1.54, 1.807) is 26.2 Å². The van der Waals surface area contributed by atoms with Gasteiger partial charge in [0.15, 0.2) is 11.5 Å². The molecule has 130 valence electrons. The van der Waals surface area contributed by atoms with Gasteiger partial charge in [0.05, 0.1) is 27.9 Å². The molecule has 1 unspecified atom stereocenters. The van der Waals surface area contributed by atoms with Gasteiger partial charge < -0.3 is 24.3 Å². The molecule has 0 fully saturated rings. The van der Waals surface area contributed by atoms with Crippen LogP contribution in [-0.2, 0) is 25.5 Å². The molecule has 0 radical (unpaired) electrons. The van der Waals surface area contributed by atoms with Crippen LogP contribution < -0.4 is 14.8 Å². The van der Waals surface area contributed by atoms with E-state index < -0.39 is 18.0 Å². The Morgan fingerprint density at radius 3 is 2.46 bits per heavy atom. The van der Waals surface area contributed by atoms with Crippen LogP contribution in [0.5, 0.6) is 11.5 Å². The summed E-state index contributed by atoms with van der Waals surface area (Å²) >= 11 is 0. The number of rotatable bonds is 5. The van der Waals surface area contributed by atoms with E-state index in [2.05, 4.69) is 5.32 Å². The fraction of sp³-hybridized carbons (Fsp3) is 0.412. The number of benzene rings is 1. The van der Waals surface area contributed by atoms with E-state index in [9.17, 15) is 9.59 Å². The Kier molecular flexibility index (Phi) is 5.68. The first-order chi connectivity index (χ1) is 11.5.